The van der Waals surface area contributed by atoms with E-state index >= 15 is 0 Å². The number of carbonyl (C=O) groups is 3. The van der Waals surface area contributed by atoms with E-state index in [1.54, 1.807) is 35.8 Å². The van der Waals surface area contributed by atoms with Gasteiger partial charge in [-0.15, -0.1) is 0 Å². The first-order valence-corrected chi connectivity index (χ1v) is 12.1. The van der Waals surface area contributed by atoms with Crippen LogP contribution in [0.15, 0.2) is 0 Å². The van der Waals surface area contributed by atoms with Gasteiger partial charge in [0.05, 0.1) is 0 Å². The molecule has 0 unspecified atom stereocenters. The minimum Gasteiger partial charge on any atom is -0.344 e. The van der Waals surface area contributed by atoms with Gasteiger partial charge < -0.3 is 19.6 Å². The first kappa shape index (κ1) is 30.2. The number of urea groups is 1. The van der Waals surface area contributed by atoms with Crippen LogP contribution in [0.1, 0.15) is 74.7 Å². The summed E-state index contributed by atoms with van der Waals surface area (Å²) < 4.78 is 0. The number of hydrogen-bond acceptors (Lipinski definition) is 3. The molecule has 1 saturated carbocycles. The molecule has 0 bridgehead atoms. The van der Waals surface area contributed by atoms with Gasteiger partial charge in [0.25, 0.3) is 0 Å². The number of likely N-dealkylation sites (N-methyl/N-ethyl adjacent to an activating group) is 2. The summed E-state index contributed by atoms with van der Waals surface area (Å²) in [5, 5.41) is 0. The summed E-state index contributed by atoms with van der Waals surface area (Å²) in [4.78, 5) is 42.4. The SMILES string of the molecule is CC(C)C(=O)N(C)CCN(C)C(=O)N(C)C(C)C.CC(C)N(C)C(=O)CC1(C(C)C)CC1. The van der Waals surface area contributed by atoms with E-state index in [1.165, 1.54) is 12.8 Å². The van der Waals surface area contributed by atoms with E-state index in [0.29, 0.717) is 36.4 Å². The molecule has 0 radical (unpaired) electrons. The molecule has 0 spiro atoms. The fourth-order valence-corrected chi connectivity index (χ4v) is 3.27. The summed E-state index contributed by atoms with van der Waals surface area (Å²) in [6, 6.07) is 0.482. The number of carbonyl (C=O) groups excluding carboxylic acids is 3. The van der Waals surface area contributed by atoms with E-state index < -0.39 is 0 Å². The largest absolute Gasteiger partial charge is 0.344 e. The molecule has 7 heteroatoms. The van der Waals surface area contributed by atoms with Crippen LogP contribution in [0.25, 0.3) is 0 Å². The van der Waals surface area contributed by atoms with Gasteiger partial charge in [0.2, 0.25) is 11.8 Å². The Morgan fingerprint density at radius 2 is 1.16 bits per heavy atom. The number of hydrogen-bond donors (Lipinski definition) is 0. The Hall–Kier alpha value is -1.79. The van der Waals surface area contributed by atoms with Crippen molar-refractivity contribution in [3.8, 4) is 0 Å². The first-order chi connectivity index (χ1) is 14.6. The molecule has 0 N–H and O–H groups in total. The third-order valence-corrected chi connectivity index (χ3v) is 6.83. The van der Waals surface area contributed by atoms with Crippen molar-refractivity contribution in [1.82, 2.24) is 19.6 Å². The van der Waals surface area contributed by atoms with Crippen LogP contribution in [0.2, 0.25) is 0 Å². The summed E-state index contributed by atoms with van der Waals surface area (Å²) >= 11 is 0. The van der Waals surface area contributed by atoms with Crippen molar-refractivity contribution < 1.29 is 14.4 Å². The van der Waals surface area contributed by atoms with Crippen molar-refractivity contribution in [3.05, 3.63) is 0 Å². The number of amides is 4. The normalized spacial score (nSPS) is 14.2. The zero-order valence-electron chi connectivity index (χ0n) is 22.9. The Labute approximate surface area is 197 Å². The molecule has 0 aliphatic heterocycles. The molecule has 0 heterocycles. The number of nitrogens with zero attached hydrogens (tertiary/aromatic N) is 4. The van der Waals surface area contributed by atoms with Crippen molar-refractivity contribution in [2.75, 3.05) is 41.3 Å². The van der Waals surface area contributed by atoms with E-state index in [0.717, 1.165) is 6.42 Å². The molecule has 32 heavy (non-hydrogen) atoms. The summed E-state index contributed by atoms with van der Waals surface area (Å²) in [6.07, 6.45) is 3.23. The monoisotopic (exact) mass is 454 g/mol. The highest BCUT2D eigenvalue weighted by Crippen LogP contribution is 2.54. The van der Waals surface area contributed by atoms with Gasteiger partial charge in [-0.2, -0.15) is 0 Å². The summed E-state index contributed by atoms with van der Waals surface area (Å²) in [6.45, 7) is 17.4. The summed E-state index contributed by atoms with van der Waals surface area (Å²) in [5.74, 6) is 1.06. The first-order valence-electron chi connectivity index (χ1n) is 12.1. The molecular formula is C25H50N4O3. The molecule has 188 valence electrons. The Kier molecular flexibility index (Phi) is 12.3. The third kappa shape index (κ3) is 9.37. The van der Waals surface area contributed by atoms with Gasteiger partial charge in [-0.3, -0.25) is 9.59 Å². The van der Waals surface area contributed by atoms with Crippen molar-refractivity contribution in [3.63, 3.8) is 0 Å². The van der Waals surface area contributed by atoms with Crippen LogP contribution in [0, 0.1) is 17.3 Å². The fraction of sp³-hybridized carbons (Fsp3) is 0.880. The Morgan fingerprint density at radius 3 is 1.50 bits per heavy atom. The molecule has 0 aromatic rings. The smallest absolute Gasteiger partial charge is 0.319 e. The topological polar surface area (TPSA) is 64.2 Å². The van der Waals surface area contributed by atoms with Crippen LogP contribution in [-0.2, 0) is 9.59 Å². The fourth-order valence-electron chi connectivity index (χ4n) is 3.27. The predicted molar refractivity (Wildman–Crippen MR) is 132 cm³/mol. The maximum atomic E-state index is 11.9. The van der Waals surface area contributed by atoms with Crippen LogP contribution in [0.5, 0.6) is 0 Å². The van der Waals surface area contributed by atoms with Gasteiger partial charge in [0, 0.05) is 65.7 Å². The molecule has 0 saturated heterocycles. The maximum Gasteiger partial charge on any atom is 0.319 e. The van der Waals surface area contributed by atoms with E-state index in [1.807, 2.05) is 39.6 Å². The van der Waals surface area contributed by atoms with Crippen LogP contribution >= 0.6 is 0 Å². The van der Waals surface area contributed by atoms with E-state index in [9.17, 15) is 14.4 Å². The second-order valence-electron chi connectivity index (χ2n) is 10.6. The van der Waals surface area contributed by atoms with Gasteiger partial charge >= 0.3 is 6.03 Å². The van der Waals surface area contributed by atoms with Crippen molar-refractivity contribution in [2.45, 2.75) is 86.7 Å². The quantitative estimate of drug-likeness (QED) is 0.525. The lowest BCUT2D eigenvalue weighted by atomic mass is 9.88. The zero-order valence-corrected chi connectivity index (χ0v) is 22.9. The Morgan fingerprint density at radius 1 is 0.719 bits per heavy atom. The lowest BCUT2D eigenvalue weighted by Crippen LogP contribution is -2.45. The molecule has 1 aliphatic carbocycles. The molecule has 1 fully saturated rings. The molecule has 1 aliphatic rings. The molecule has 0 aromatic carbocycles. The molecule has 7 nitrogen and oxygen atoms in total. The van der Waals surface area contributed by atoms with Crippen molar-refractivity contribution in [2.24, 2.45) is 17.3 Å². The minimum atomic E-state index is -0.0182. The minimum absolute atomic E-state index is 0.00524. The highest BCUT2D eigenvalue weighted by atomic mass is 16.2. The van der Waals surface area contributed by atoms with Crippen molar-refractivity contribution in [1.29, 1.82) is 0 Å². The predicted octanol–water partition coefficient (Wildman–Crippen LogP) is 4.17. The van der Waals surface area contributed by atoms with Gasteiger partial charge in [-0.05, 0) is 51.9 Å². The lowest BCUT2D eigenvalue weighted by Gasteiger charge is -2.29. The molecule has 4 amide bonds. The van der Waals surface area contributed by atoms with Crippen LogP contribution in [0.3, 0.4) is 0 Å². The number of rotatable bonds is 9. The highest BCUT2D eigenvalue weighted by molar-refractivity contribution is 5.78. The van der Waals surface area contributed by atoms with Crippen molar-refractivity contribution >= 4 is 17.8 Å². The van der Waals surface area contributed by atoms with Gasteiger partial charge in [-0.1, -0.05) is 27.7 Å². The van der Waals surface area contributed by atoms with Crippen LogP contribution in [-0.4, -0.2) is 90.8 Å². The second kappa shape index (κ2) is 13.0. The second-order valence-corrected chi connectivity index (χ2v) is 10.6. The summed E-state index contributed by atoms with van der Waals surface area (Å²) in [7, 11) is 7.22. The molecule has 0 atom stereocenters. The third-order valence-electron chi connectivity index (χ3n) is 6.83. The van der Waals surface area contributed by atoms with Crippen LogP contribution < -0.4 is 0 Å². The molecular weight excluding hydrogens is 404 g/mol. The van der Waals surface area contributed by atoms with Crippen LogP contribution in [0.4, 0.5) is 4.79 Å². The highest BCUT2D eigenvalue weighted by Gasteiger charge is 2.47. The van der Waals surface area contributed by atoms with E-state index in [2.05, 4.69) is 27.7 Å². The average Bonchev–Trinajstić information content (AvgIpc) is 3.50. The standard InChI is InChI=1S/C13H27N3O2.C12H23NO/c1-10(2)12(17)14(5)8-9-15(6)13(18)16(7)11(3)4;1-9(2)12(6-7-12)8-11(14)13(5)10(3)4/h10-11H,8-9H2,1-7H3;9-10H,6-8H2,1-5H3. The van der Waals surface area contributed by atoms with Gasteiger partial charge in [0.1, 0.15) is 0 Å². The lowest BCUT2D eigenvalue weighted by molar-refractivity contribution is -0.133. The Bertz CT molecular complexity index is 612. The average molecular weight is 455 g/mol. The molecule has 1 rings (SSSR count). The zero-order chi connectivity index (χ0) is 25.4. The van der Waals surface area contributed by atoms with E-state index in [-0.39, 0.29) is 23.9 Å². The maximum absolute atomic E-state index is 11.9. The molecule has 0 aromatic heterocycles. The van der Waals surface area contributed by atoms with E-state index in [4.69, 9.17) is 0 Å². The van der Waals surface area contributed by atoms with Gasteiger partial charge in [-0.25, -0.2) is 4.79 Å². The van der Waals surface area contributed by atoms with Gasteiger partial charge in [0.15, 0.2) is 0 Å². The summed E-state index contributed by atoms with van der Waals surface area (Å²) in [5.41, 5.74) is 0.347. The Balaban J connectivity index is 0.000000618.